The van der Waals surface area contributed by atoms with Crippen LogP contribution >= 0.6 is 23.2 Å². The second-order valence-electron chi connectivity index (χ2n) is 12.3. The van der Waals surface area contributed by atoms with Crippen LogP contribution in [-0.4, -0.2) is 10.5 Å². The fourth-order valence-corrected chi connectivity index (χ4v) is 6.20. The van der Waals surface area contributed by atoms with Crippen LogP contribution in [0.1, 0.15) is 194 Å². The third-order valence-corrected chi connectivity index (χ3v) is 8.88. The number of rotatable bonds is 32. The van der Waals surface area contributed by atoms with Gasteiger partial charge in [0.1, 0.15) is 0 Å². The Morgan fingerprint density at radius 3 is 1.32 bits per heavy atom. The molecule has 2 unspecified atom stereocenters. The molecule has 0 saturated heterocycles. The standard InChI is InChI=1S/C36H66Cl2O2/c1-3-5-7-9-15-21-27-33(29-23-17-11-13-19-25-31-35(37)39)34(28-22-16-10-8-6-4-2)30-24-18-12-14-20-26-32-36(38)40/h23,29,33-34H,3-22,24-28,30-32H2,1-2H3/b29-23+. The molecule has 0 aliphatic rings. The number of hydrogen-bond acceptors (Lipinski definition) is 2. The third kappa shape index (κ3) is 29.2. The first kappa shape index (κ1) is 39.7. The first-order valence-corrected chi connectivity index (χ1v) is 18.3. The van der Waals surface area contributed by atoms with Gasteiger partial charge in [-0.1, -0.05) is 148 Å². The highest BCUT2D eigenvalue weighted by Crippen LogP contribution is 2.31. The van der Waals surface area contributed by atoms with E-state index >= 15 is 0 Å². The zero-order valence-electron chi connectivity index (χ0n) is 26.7. The summed E-state index contributed by atoms with van der Waals surface area (Å²) < 4.78 is 0. The SMILES string of the molecule is CCCCCCCCC(/C=C/CCCCCCC(=O)Cl)C(CCCCCCCC)CCCCCCCCC(=O)Cl. The summed E-state index contributed by atoms with van der Waals surface area (Å²) in [7, 11) is 0. The Morgan fingerprint density at radius 2 is 0.875 bits per heavy atom. The number of carbonyl (C=O) groups is 2. The van der Waals surface area contributed by atoms with Gasteiger partial charge >= 0.3 is 0 Å². The lowest BCUT2D eigenvalue weighted by molar-refractivity contribution is -0.112. The Hall–Kier alpha value is -0.340. The van der Waals surface area contributed by atoms with Crippen LogP contribution in [0.3, 0.4) is 0 Å². The average molecular weight is 602 g/mol. The third-order valence-electron chi connectivity index (χ3n) is 8.50. The van der Waals surface area contributed by atoms with Crippen LogP contribution in [0.5, 0.6) is 0 Å². The molecule has 0 saturated carbocycles. The van der Waals surface area contributed by atoms with Gasteiger partial charge in [0, 0.05) is 12.8 Å². The van der Waals surface area contributed by atoms with Crippen molar-refractivity contribution in [3.8, 4) is 0 Å². The summed E-state index contributed by atoms with van der Waals surface area (Å²) in [6.07, 6.45) is 39.7. The molecular weight excluding hydrogens is 535 g/mol. The Balaban J connectivity index is 4.84. The molecule has 40 heavy (non-hydrogen) atoms. The molecule has 0 fully saturated rings. The molecule has 4 heteroatoms. The fourth-order valence-electron chi connectivity index (χ4n) is 5.94. The van der Waals surface area contributed by atoms with Crippen LogP contribution in [0.4, 0.5) is 0 Å². The van der Waals surface area contributed by atoms with Crippen LogP contribution in [-0.2, 0) is 9.59 Å². The molecule has 0 heterocycles. The molecule has 2 nitrogen and oxygen atoms in total. The van der Waals surface area contributed by atoms with E-state index in [0.29, 0.717) is 12.8 Å². The van der Waals surface area contributed by atoms with Gasteiger partial charge in [-0.2, -0.15) is 0 Å². The van der Waals surface area contributed by atoms with Gasteiger partial charge in [-0.3, -0.25) is 9.59 Å². The normalized spacial score (nSPS) is 13.2. The number of unbranched alkanes of at least 4 members (excludes halogenated alkanes) is 19. The molecule has 0 amide bonds. The highest BCUT2D eigenvalue weighted by atomic mass is 35.5. The molecule has 0 aromatic rings. The van der Waals surface area contributed by atoms with Crippen molar-refractivity contribution in [2.45, 2.75) is 194 Å². The van der Waals surface area contributed by atoms with Crippen LogP contribution in [0.2, 0.25) is 0 Å². The molecule has 0 N–H and O–H groups in total. The Bertz CT molecular complexity index is 589. The van der Waals surface area contributed by atoms with E-state index in [4.69, 9.17) is 23.2 Å². The number of carbonyl (C=O) groups excluding carboxylic acids is 2. The summed E-state index contributed by atoms with van der Waals surface area (Å²) in [6, 6.07) is 0. The van der Waals surface area contributed by atoms with Crippen LogP contribution < -0.4 is 0 Å². The van der Waals surface area contributed by atoms with E-state index in [2.05, 4.69) is 26.0 Å². The molecule has 0 aliphatic heterocycles. The minimum atomic E-state index is -0.198. The Kier molecular flexibility index (Phi) is 31.3. The van der Waals surface area contributed by atoms with Gasteiger partial charge in [-0.25, -0.2) is 0 Å². The number of halogens is 2. The lowest BCUT2D eigenvalue weighted by atomic mass is 9.80. The zero-order valence-corrected chi connectivity index (χ0v) is 28.2. The first-order valence-electron chi connectivity index (χ1n) is 17.5. The second kappa shape index (κ2) is 31.6. The predicted molar refractivity (Wildman–Crippen MR) is 178 cm³/mol. The second-order valence-corrected chi connectivity index (χ2v) is 13.1. The van der Waals surface area contributed by atoms with Crippen molar-refractivity contribution in [1.82, 2.24) is 0 Å². The highest BCUT2D eigenvalue weighted by molar-refractivity contribution is 6.63. The summed E-state index contributed by atoms with van der Waals surface area (Å²) in [5.41, 5.74) is 0. The van der Waals surface area contributed by atoms with E-state index < -0.39 is 0 Å². The van der Waals surface area contributed by atoms with Crippen molar-refractivity contribution >= 4 is 33.7 Å². The van der Waals surface area contributed by atoms with Gasteiger partial charge in [-0.05, 0) is 80.0 Å². The molecule has 236 valence electrons. The van der Waals surface area contributed by atoms with Gasteiger partial charge in [0.05, 0.1) is 0 Å². The molecule has 0 rings (SSSR count). The van der Waals surface area contributed by atoms with Crippen molar-refractivity contribution in [1.29, 1.82) is 0 Å². The minimum absolute atomic E-state index is 0.190. The van der Waals surface area contributed by atoms with Crippen molar-refractivity contribution < 1.29 is 9.59 Å². The topological polar surface area (TPSA) is 34.1 Å². The molecule has 0 aromatic carbocycles. The molecule has 0 aromatic heterocycles. The minimum Gasteiger partial charge on any atom is -0.281 e. The predicted octanol–water partition coefficient (Wildman–Crippen LogP) is 13.3. The number of hydrogen-bond donors (Lipinski definition) is 0. The van der Waals surface area contributed by atoms with E-state index in [0.717, 1.165) is 43.9 Å². The van der Waals surface area contributed by atoms with Crippen LogP contribution in [0.15, 0.2) is 12.2 Å². The maximum atomic E-state index is 10.9. The summed E-state index contributed by atoms with van der Waals surface area (Å²) in [4.78, 5) is 21.9. The van der Waals surface area contributed by atoms with E-state index in [1.54, 1.807) is 0 Å². The molecule has 0 bridgehead atoms. The highest BCUT2D eigenvalue weighted by Gasteiger charge is 2.18. The lowest BCUT2D eigenvalue weighted by Crippen LogP contribution is -2.14. The van der Waals surface area contributed by atoms with Gasteiger partial charge in [0.2, 0.25) is 10.5 Å². The van der Waals surface area contributed by atoms with Crippen LogP contribution in [0.25, 0.3) is 0 Å². The lowest BCUT2D eigenvalue weighted by Gasteiger charge is -2.26. The van der Waals surface area contributed by atoms with E-state index in [9.17, 15) is 9.59 Å². The Morgan fingerprint density at radius 1 is 0.500 bits per heavy atom. The summed E-state index contributed by atoms with van der Waals surface area (Å²) in [5.74, 6) is 1.55. The summed E-state index contributed by atoms with van der Waals surface area (Å²) in [5, 5.41) is -0.388. The largest absolute Gasteiger partial charge is 0.281 e. The molecule has 0 aliphatic carbocycles. The zero-order chi connectivity index (χ0) is 29.5. The first-order chi connectivity index (χ1) is 19.5. The van der Waals surface area contributed by atoms with Gasteiger partial charge in [-0.15, -0.1) is 0 Å². The van der Waals surface area contributed by atoms with Gasteiger partial charge < -0.3 is 0 Å². The summed E-state index contributed by atoms with van der Waals surface area (Å²) in [6.45, 7) is 4.60. The van der Waals surface area contributed by atoms with Gasteiger partial charge in [0.15, 0.2) is 0 Å². The quantitative estimate of drug-likeness (QED) is 0.0437. The fraction of sp³-hybridized carbons (Fsp3) is 0.889. The van der Waals surface area contributed by atoms with Crippen molar-refractivity contribution in [3.05, 3.63) is 12.2 Å². The maximum Gasteiger partial charge on any atom is 0.221 e. The van der Waals surface area contributed by atoms with Crippen molar-refractivity contribution in [2.75, 3.05) is 0 Å². The Labute approximate surface area is 260 Å². The van der Waals surface area contributed by atoms with E-state index in [1.165, 1.54) is 135 Å². The molecular formula is C36H66Cl2O2. The van der Waals surface area contributed by atoms with Crippen molar-refractivity contribution in [3.63, 3.8) is 0 Å². The monoisotopic (exact) mass is 600 g/mol. The summed E-state index contributed by atoms with van der Waals surface area (Å²) >= 11 is 10.9. The van der Waals surface area contributed by atoms with Crippen LogP contribution in [0, 0.1) is 11.8 Å². The van der Waals surface area contributed by atoms with E-state index in [1.807, 2.05) is 0 Å². The number of allylic oxidation sites excluding steroid dienone is 2. The van der Waals surface area contributed by atoms with Gasteiger partial charge in [0.25, 0.3) is 0 Å². The molecule has 2 atom stereocenters. The molecule has 0 spiro atoms. The average Bonchev–Trinajstić information content (AvgIpc) is 2.92. The smallest absolute Gasteiger partial charge is 0.221 e. The maximum absolute atomic E-state index is 10.9. The molecule has 0 radical (unpaired) electrons. The van der Waals surface area contributed by atoms with Crippen molar-refractivity contribution in [2.24, 2.45) is 11.8 Å². The van der Waals surface area contributed by atoms with E-state index in [-0.39, 0.29) is 10.5 Å².